The minimum atomic E-state index is -1.08. The molecule has 0 aliphatic heterocycles. The Kier molecular flexibility index (Phi) is 4.06. The van der Waals surface area contributed by atoms with E-state index in [0.717, 1.165) is 5.56 Å². The van der Waals surface area contributed by atoms with Crippen LogP contribution in [0, 0.1) is 12.8 Å². The van der Waals surface area contributed by atoms with Gasteiger partial charge in [0, 0.05) is 6.20 Å². The summed E-state index contributed by atoms with van der Waals surface area (Å²) in [5.74, 6) is -1.06. The van der Waals surface area contributed by atoms with Gasteiger partial charge in [-0.15, -0.1) is 0 Å². The van der Waals surface area contributed by atoms with Crippen molar-refractivity contribution in [3.05, 3.63) is 29.6 Å². The molecule has 1 rings (SSSR count). The highest BCUT2D eigenvalue weighted by atomic mass is 16.2. The molecule has 2 amide bonds. The van der Waals surface area contributed by atoms with Crippen LogP contribution in [0.2, 0.25) is 0 Å². The van der Waals surface area contributed by atoms with Gasteiger partial charge in [-0.1, -0.05) is 19.9 Å². The van der Waals surface area contributed by atoms with Crippen molar-refractivity contribution >= 4 is 11.8 Å². The molecule has 0 saturated heterocycles. The van der Waals surface area contributed by atoms with Crippen LogP contribution in [0.1, 0.15) is 36.8 Å². The van der Waals surface area contributed by atoms with Crippen LogP contribution in [-0.2, 0) is 4.79 Å². The Hall–Kier alpha value is -1.91. The van der Waals surface area contributed by atoms with Crippen molar-refractivity contribution in [3.8, 4) is 0 Å². The summed E-state index contributed by atoms with van der Waals surface area (Å²) in [7, 11) is 0. The number of carbonyl (C=O) groups is 2. The summed E-state index contributed by atoms with van der Waals surface area (Å²) >= 11 is 0. The summed E-state index contributed by atoms with van der Waals surface area (Å²) in [5, 5.41) is 2.65. The molecule has 18 heavy (non-hydrogen) atoms. The highest BCUT2D eigenvalue weighted by Gasteiger charge is 2.36. The summed E-state index contributed by atoms with van der Waals surface area (Å²) in [4.78, 5) is 27.5. The lowest BCUT2D eigenvalue weighted by Gasteiger charge is -2.31. The fraction of sp³-hybridized carbons (Fsp3) is 0.462. The van der Waals surface area contributed by atoms with Crippen LogP contribution in [-0.4, -0.2) is 22.3 Å². The van der Waals surface area contributed by atoms with E-state index in [-0.39, 0.29) is 11.6 Å². The summed E-state index contributed by atoms with van der Waals surface area (Å²) < 4.78 is 0. The zero-order valence-corrected chi connectivity index (χ0v) is 11.2. The van der Waals surface area contributed by atoms with Gasteiger partial charge in [0.2, 0.25) is 5.91 Å². The van der Waals surface area contributed by atoms with Crippen molar-refractivity contribution < 1.29 is 9.59 Å². The average molecular weight is 249 g/mol. The fourth-order valence-electron chi connectivity index (χ4n) is 1.39. The number of aryl methyl sites for hydroxylation is 1. The molecule has 0 spiro atoms. The molecular formula is C13H19N3O2. The van der Waals surface area contributed by atoms with Crippen molar-refractivity contribution in [2.75, 3.05) is 0 Å². The van der Waals surface area contributed by atoms with Gasteiger partial charge in [-0.25, -0.2) is 0 Å². The molecule has 0 radical (unpaired) electrons. The van der Waals surface area contributed by atoms with Gasteiger partial charge in [0.25, 0.3) is 5.91 Å². The second-order valence-electron chi connectivity index (χ2n) is 4.90. The third-order valence-corrected chi connectivity index (χ3v) is 3.18. The minimum absolute atomic E-state index is 0.107. The van der Waals surface area contributed by atoms with Crippen molar-refractivity contribution in [1.29, 1.82) is 0 Å². The Labute approximate surface area is 107 Å². The number of hydrogen-bond donors (Lipinski definition) is 2. The van der Waals surface area contributed by atoms with E-state index in [1.54, 1.807) is 25.3 Å². The number of carbonyl (C=O) groups excluding carboxylic acids is 2. The molecule has 0 fully saturated rings. The van der Waals surface area contributed by atoms with E-state index in [4.69, 9.17) is 5.73 Å². The summed E-state index contributed by atoms with van der Waals surface area (Å²) in [5.41, 5.74) is 5.51. The molecule has 0 saturated carbocycles. The third-order valence-electron chi connectivity index (χ3n) is 3.18. The largest absolute Gasteiger partial charge is 0.368 e. The first-order valence-corrected chi connectivity index (χ1v) is 5.82. The van der Waals surface area contributed by atoms with Crippen LogP contribution in [0.25, 0.3) is 0 Å². The SMILES string of the molecule is Cc1ccc(C(=O)N[C@](C)(C(N)=O)C(C)C)nc1. The zero-order valence-electron chi connectivity index (χ0n) is 11.2. The minimum Gasteiger partial charge on any atom is -0.368 e. The fourth-order valence-corrected chi connectivity index (χ4v) is 1.39. The first kappa shape index (κ1) is 14.2. The van der Waals surface area contributed by atoms with Crippen LogP contribution in [0.15, 0.2) is 18.3 Å². The van der Waals surface area contributed by atoms with E-state index >= 15 is 0 Å². The summed E-state index contributed by atoms with van der Waals surface area (Å²) in [6.07, 6.45) is 1.60. The predicted molar refractivity (Wildman–Crippen MR) is 68.9 cm³/mol. The maximum Gasteiger partial charge on any atom is 0.270 e. The third kappa shape index (κ3) is 2.85. The molecule has 5 heteroatoms. The van der Waals surface area contributed by atoms with Gasteiger partial charge in [-0.3, -0.25) is 14.6 Å². The first-order valence-electron chi connectivity index (χ1n) is 5.82. The first-order chi connectivity index (χ1) is 8.27. The molecule has 0 unspecified atom stereocenters. The second-order valence-corrected chi connectivity index (χ2v) is 4.90. The Balaban J connectivity index is 2.92. The topological polar surface area (TPSA) is 85.1 Å². The predicted octanol–water partition coefficient (Wildman–Crippen LogP) is 1.02. The number of nitrogens with zero attached hydrogens (tertiary/aromatic N) is 1. The molecule has 1 aromatic heterocycles. The molecule has 0 bridgehead atoms. The molecule has 1 atom stereocenters. The quantitative estimate of drug-likeness (QED) is 0.835. The Morgan fingerprint density at radius 1 is 1.39 bits per heavy atom. The molecule has 5 nitrogen and oxygen atoms in total. The van der Waals surface area contributed by atoms with E-state index in [2.05, 4.69) is 10.3 Å². The zero-order chi connectivity index (χ0) is 13.9. The van der Waals surface area contributed by atoms with Crippen molar-refractivity contribution in [2.45, 2.75) is 33.2 Å². The second kappa shape index (κ2) is 5.16. The lowest BCUT2D eigenvalue weighted by molar-refractivity contribution is -0.125. The standard InChI is InChI=1S/C13H19N3O2/c1-8(2)13(4,12(14)18)16-11(17)10-6-5-9(3)7-15-10/h5-8H,1-4H3,(H2,14,18)(H,16,17)/t13-/m0/s1. The Morgan fingerprint density at radius 2 is 2.00 bits per heavy atom. The molecule has 3 N–H and O–H groups in total. The van der Waals surface area contributed by atoms with Gasteiger partial charge in [-0.2, -0.15) is 0 Å². The van der Waals surface area contributed by atoms with Gasteiger partial charge in [0.15, 0.2) is 0 Å². The molecule has 1 aromatic rings. The summed E-state index contributed by atoms with van der Waals surface area (Å²) in [6.45, 7) is 7.16. The van der Waals surface area contributed by atoms with Gasteiger partial charge >= 0.3 is 0 Å². The van der Waals surface area contributed by atoms with Gasteiger partial charge in [0.1, 0.15) is 11.2 Å². The average Bonchev–Trinajstić information content (AvgIpc) is 2.29. The van der Waals surface area contributed by atoms with E-state index in [9.17, 15) is 9.59 Å². The van der Waals surface area contributed by atoms with E-state index in [0.29, 0.717) is 0 Å². The lowest BCUT2D eigenvalue weighted by Crippen LogP contribution is -2.58. The molecule has 0 aliphatic carbocycles. The number of pyridine rings is 1. The van der Waals surface area contributed by atoms with Crippen molar-refractivity contribution in [3.63, 3.8) is 0 Å². The van der Waals surface area contributed by atoms with Gasteiger partial charge in [-0.05, 0) is 31.4 Å². The molecule has 98 valence electrons. The van der Waals surface area contributed by atoms with Gasteiger partial charge in [0.05, 0.1) is 0 Å². The monoisotopic (exact) mass is 249 g/mol. The maximum absolute atomic E-state index is 12.0. The Bertz CT molecular complexity index is 454. The molecule has 0 aliphatic rings. The van der Waals surface area contributed by atoms with Crippen molar-refractivity contribution in [1.82, 2.24) is 10.3 Å². The number of hydrogen-bond acceptors (Lipinski definition) is 3. The number of nitrogens with one attached hydrogen (secondary N) is 1. The van der Waals surface area contributed by atoms with Crippen LogP contribution in [0.4, 0.5) is 0 Å². The van der Waals surface area contributed by atoms with E-state index < -0.39 is 17.4 Å². The number of nitrogens with two attached hydrogens (primary N) is 1. The van der Waals surface area contributed by atoms with E-state index in [1.165, 1.54) is 0 Å². The highest BCUT2D eigenvalue weighted by molar-refractivity contribution is 5.97. The molecule has 0 aromatic carbocycles. The molecular weight excluding hydrogens is 230 g/mol. The number of amides is 2. The van der Waals surface area contributed by atoms with E-state index in [1.807, 2.05) is 20.8 Å². The van der Waals surface area contributed by atoms with Crippen LogP contribution >= 0.6 is 0 Å². The van der Waals surface area contributed by atoms with Crippen molar-refractivity contribution in [2.24, 2.45) is 11.7 Å². The number of aromatic nitrogens is 1. The molecule has 1 heterocycles. The van der Waals surface area contributed by atoms with Crippen LogP contribution in [0.3, 0.4) is 0 Å². The maximum atomic E-state index is 12.0. The van der Waals surface area contributed by atoms with Crippen LogP contribution < -0.4 is 11.1 Å². The normalized spacial score (nSPS) is 14.1. The highest BCUT2D eigenvalue weighted by Crippen LogP contribution is 2.16. The van der Waals surface area contributed by atoms with Crippen LogP contribution in [0.5, 0.6) is 0 Å². The van der Waals surface area contributed by atoms with Gasteiger partial charge < -0.3 is 11.1 Å². The number of primary amides is 1. The Morgan fingerprint density at radius 3 is 2.39 bits per heavy atom. The number of rotatable bonds is 4. The lowest BCUT2D eigenvalue weighted by atomic mass is 9.87. The smallest absolute Gasteiger partial charge is 0.270 e. The summed E-state index contributed by atoms with van der Waals surface area (Å²) in [6, 6.07) is 3.41.